The highest BCUT2D eigenvalue weighted by Gasteiger charge is 2.15. The standard InChI is InChI=1S/C18H25N3O6S2/c1-19-29(24,25)11-5-10-28-18-20-15-12-13(17(23)27-3)6-7-14(15)16(22)21(18)8-4-9-26-2/h6-7,12,19H,4-5,8-11H2,1-3H3. The third-order valence-electron chi connectivity index (χ3n) is 4.17. The van der Waals surface area contributed by atoms with Crippen molar-refractivity contribution >= 4 is 38.7 Å². The largest absolute Gasteiger partial charge is 0.465 e. The zero-order chi connectivity index (χ0) is 21.4. The van der Waals surface area contributed by atoms with Gasteiger partial charge in [0, 0.05) is 26.0 Å². The molecule has 0 unspecified atom stereocenters. The third-order valence-corrected chi connectivity index (χ3v) is 6.68. The first-order chi connectivity index (χ1) is 13.8. The first kappa shape index (κ1) is 23.3. The van der Waals surface area contributed by atoms with Gasteiger partial charge in [0.1, 0.15) is 0 Å². The Bertz CT molecular complexity index is 1020. The maximum Gasteiger partial charge on any atom is 0.337 e. The molecule has 1 aromatic heterocycles. The topological polar surface area (TPSA) is 117 Å². The fourth-order valence-electron chi connectivity index (χ4n) is 2.63. The Hall–Kier alpha value is -1.95. The monoisotopic (exact) mass is 443 g/mol. The molecule has 0 atom stereocenters. The van der Waals surface area contributed by atoms with Crippen LogP contribution in [0.1, 0.15) is 23.2 Å². The van der Waals surface area contributed by atoms with E-state index < -0.39 is 16.0 Å². The highest BCUT2D eigenvalue weighted by atomic mass is 32.2. The summed E-state index contributed by atoms with van der Waals surface area (Å²) in [6, 6.07) is 4.63. The Morgan fingerprint density at radius 3 is 2.69 bits per heavy atom. The molecule has 0 bridgehead atoms. The van der Waals surface area contributed by atoms with Crippen LogP contribution in [0.2, 0.25) is 0 Å². The van der Waals surface area contributed by atoms with E-state index in [1.807, 2.05) is 0 Å². The van der Waals surface area contributed by atoms with Gasteiger partial charge in [0.15, 0.2) is 5.16 Å². The average Bonchev–Trinajstić information content (AvgIpc) is 2.72. The lowest BCUT2D eigenvalue weighted by Gasteiger charge is -2.13. The van der Waals surface area contributed by atoms with E-state index >= 15 is 0 Å². The van der Waals surface area contributed by atoms with Crippen molar-refractivity contribution in [2.75, 3.05) is 39.4 Å². The molecule has 0 amide bonds. The maximum absolute atomic E-state index is 13.0. The van der Waals surface area contributed by atoms with Gasteiger partial charge in [-0.3, -0.25) is 9.36 Å². The number of aromatic nitrogens is 2. The third kappa shape index (κ3) is 6.26. The van der Waals surface area contributed by atoms with E-state index in [1.165, 1.54) is 38.1 Å². The van der Waals surface area contributed by atoms with Gasteiger partial charge in [-0.25, -0.2) is 22.9 Å². The van der Waals surface area contributed by atoms with Gasteiger partial charge in [-0.1, -0.05) is 11.8 Å². The second-order valence-corrected chi connectivity index (χ2v) is 9.25. The zero-order valence-electron chi connectivity index (χ0n) is 16.6. The quantitative estimate of drug-likeness (QED) is 0.239. The molecular weight excluding hydrogens is 418 g/mol. The van der Waals surface area contributed by atoms with Gasteiger partial charge in [-0.05, 0) is 38.1 Å². The van der Waals surface area contributed by atoms with Crippen LogP contribution in [0.15, 0.2) is 28.2 Å². The van der Waals surface area contributed by atoms with Crippen LogP contribution in [-0.2, 0) is 26.0 Å². The number of nitrogens with zero attached hydrogens (tertiary/aromatic N) is 2. The highest BCUT2D eigenvalue weighted by Crippen LogP contribution is 2.20. The van der Waals surface area contributed by atoms with Crippen LogP contribution in [0.3, 0.4) is 0 Å². The lowest BCUT2D eigenvalue weighted by Crippen LogP contribution is -2.25. The summed E-state index contributed by atoms with van der Waals surface area (Å²) < 4.78 is 36.8. The molecule has 0 aliphatic rings. The van der Waals surface area contributed by atoms with Crippen LogP contribution in [0.4, 0.5) is 0 Å². The van der Waals surface area contributed by atoms with Gasteiger partial charge < -0.3 is 9.47 Å². The summed E-state index contributed by atoms with van der Waals surface area (Å²) in [6.07, 6.45) is 1.04. The molecule has 0 aliphatic carbocycles. The normalized spacial score (nSPS) is 11.7. The Balaban J connectivity index is 2.35. The van der Waals surface area contributed by atoms with E-state index in [1.54, 1.807) is 17.7 Å². The molecule has 0 aliphatic heterocycles. The summed E-state index contributed by atoms with van der Waals surface area (Å²) in [5.41, 5.74) is 0.485. The SMILES string of the molecule is CNS(=O)(=O)CCCSc1nc2cc(C(=O)OC)ccc2c(=O)n1CCCOC. The second-order valence-electron chi connectivity index (χ2n) is 6.15. The molecule has 0 saturated heterocycles. The summed E-state index contributed by atoms with van der Waals surface area (Å²) in [4.78, 5) is 29.3. The number of rotatable bonds is 11. The Labute approximate surface area is 173 Å². The van der Waals surface area contributed by atoms with E-state index in [4.69, 9.17) is 9.47 Å². The van der Waals surface area contributed by atoms with Crippen LogP contribution in [0, 0.1) is 0 Å². The van der Waals surface area contributed by atoms with Gasteiger partial charge in [0.2, 0.25) is 10.0 Å². The number of benzene rings is 1. The summed E-state index contributed by atoms with van der Waals surface area (Å²) >= 11 is 1.31. The molecule has 11 heteroatoms. The number of sulfonamides is 1. The molecule has 0 radical (unpaired) electrons. The lowest BCUT2D eigenvalue weighted by atomic mass is 10.1. The van der Waals surface area contributed by atoms with Crippen LogP contribution < -0.4 is 10.3 Å². The summed E-state index contributed by atoms with van der Waals surface area (Å²) in [5.74, 6) is -0.0472. The lowest BCUT2D eigenvalue weighted by molar-refractivity contribution is 0.0601. The summed E-state index contributed by atoms with van der Waals surface area (Å²) in [5, 5.41) is 0.875. The Morgan fingerprint density at radius 2 is 2.03 bits per heavy atom. The molecule has 0 saturated carbocycles. The Morgan fingerprint density at radius 1 is 1.28 bits per heavy atom. The van der Waals surface area contributed by atoms with Crippen molar-refractivity contribution in [2.24, 2.45) is 0 Å². The molecule has 160 valence electrons. The second kappa shape index (κ2) is 10.7. The van der Waals surface area contributed by atoms with Crippen LogP contribution >= 0.6 is 11.8 Å². The number of ether oxygens (including phenoxy) is 2. The number of carbonyl (C=O) groups excluding carboxylic acids is 1. The van der Waals surface area contributed by atoms with E-state index in [9.17, 15) is 18.0 Å². The molecule has 0 spiro atoms. The van der Waals surface area contributed by atoms with Crippen molar-refractivity contribution < 1.29 is 22.7 Å². The predicted octanol–water partition coefficient (Wildman–Crippen LogP) is 1.25. The van der Waals surface area contributed by atoms with Crippen molar-refractivity contribution in [2.45, 2.75) is 24.5 Å². The van der Waals surface area contributed by atoms with Crippen molar-refractivity contribution in [1.82, 2.24) is 14.3 Å². The van der Waals surface area contributed by atoms with Gasteiger partial charge in [0.25, 0.3) is 5.56 Å². The van der Waals surface area contributed by atoms with Crippen LogP contribution in [0.5, 0.6) is 0 Å². The first-order valence-electron chi connectivity index (χ1n) is 8.99. The number of methoxy groups -OCH3 is 2. The first-order valence-corrected chi connectivity index (χ1v) is 11.6. The van der Waals surface area contributed by atoms with E-state index in [0.29, 0.717) is 53.4 Å². The minimum Gasteiger partial charge on any atom is -0.465 e. The molecule has 9 nitrogen and oxygen atoms in total. The van der Waals surface area contributed by atoms with Crippen molar-refractivity contribution in [3.05, 3.63) is 34.1 Å². The zero-order valence-corrected chi connectivity index (χ0v) is 18.3. The molecule has 1 heterocycles. The van der Waals surface area contributed by atoms with E-state index in [-0.39, 0.29) is 11.3 Å². The summed E-state index contributed by atoms with van der Waals surface area (Å²) in [6.45, 7) is 0.918. The van der Waals surface area contributed by atoms with Crippen LogP contribution in [0.25, 0.3) is 10.9 Å². The number of thioether (sulfide) groups is 1. The number of hydrogen-bond donors (Lipinski definition) is 1. The minimum absolute atomic E-state index is 0.00945. The number of hydrogen-bond acceptors (Lipinski definition) is 8. The predicted molar refractivity (Wildman–Crippen MR) is 112 cm³/mol. The molecule has 29 heavy (non-hydrogen) atoms. The molecule has 2 aromatic rings. The van der Waals surface area contributed by atoms with E-state index in [0.717, 1.165) is 0 Å². The fraction of sp³-hybridized carbons (Fsp3) is 0.500. The molecule has 1 aromatic carbocycles. The maximum atomic E-state index is 13.0. The Kier molecular flexibility index (Phi) is 8.62. The van der Waals surface area contributed by atoms with Crippen molar-refractivity contribution in [3.8, 4) is 0 Å². The molecule has 2 rings (SSSR count). The molecular formula is C18H25N3O6S2. The fourth-order valence-corrected chi connectivity index (χ4v) is 4.51. The number of fused-ring (bicyclic) bond motifs is 1. The van der Waals surface area contributed by atoms with E-state index in [2.05, 4.69) is 9.71 Å². The molecule has 0 fully saturated rings. The minimum atomic E-state index is -3.28. The van der Waals surface area contributed by atoms with Gasteiger partial charge in [-0.15, -0.1) is 0 Å². The van der Waals surface area contributed by atoms with Gasteiger partial charge in [-0.2, -0.15) is 0 Å². The molecule has 1 N–H and O–H groups in total. The number of carbonyl (C=O) groups is 1. The summed E-state index contributed by atoms with van der Waals surface area (Å²) in [7, 11) is 0.969. The van der Waals surface area contributed by atoms with Crippen molar-refractivity contribution in [3.63, 3.8) is 0 Å². The average molecular weight is 444 g/mol. The van der Waals surface area contributed by atoms with Gasteiger partial charge in [0.05, 0.1) is 29.3 Å². The smallest absolute Gasteiger partial charge is 0.337 e. The number of esters is 1. The highest BCUT2D eigenvalue weighted by molar-refractivity contribution is 7.99. The number of nitrogens with one attached hydrogen (secondary N) is 1. The van der Waals surface area contributed by atoms with Crippen molar-refractivity contribution in [1.29, 1.82) is 0 Å². The van der Waals surface area contributed by atoms with Gasteiger partial charge >= 0.3 is 5.97 Å². The van der Waals surface area contributed by atoms with Crippen LogP contribution in [-0.4, -0.2) is 63.3 Å².